The summed E-state index contributed by atoms with van der Waals surface area (Å²) in [6.45, 7) is 14.1. The number of hydrogen-bond acceptors (Lipinski definition) is 4. The number of rotatable bonds is 8. The second-order valence-corrected chi connectivity index (χ2v) is 8.34. The summed E-state index contributed by atoms with van der Waals surface area (Å²) in [7, 11) is 0. The molecule has 140 valence electrons. The molecule has 2 rings (SSSR count). The molecule has 0 bridgehead atoms. The predicted molar refractivity (Wildman–Crippen MR) is 103 cm³/mol. The van der Waals surface area contributed by atoms with Crippen LogP contribution in [0.5, 0.6) is 0 Å². The SMILES string of the molecule is CCNC(=NCCCOCC1CCOC1)N1CCSC(C(C)C)C1. The minimum atomic E-state index is 0.602. The van der Waals surface area contributed by atoms with Gasteiger partial charge in [-0.05, 0) is 25.7 Å². The minimum absolute atomic E-state index is 0.602. The Balaban J connectivity index is 1.69. The maximum absolute atomic E-state index is 5.77. The Labute approximate surface area is 151 Å². The zero-order valence-electron chi connectivity index (χ0n) is 15.6. The van der Waals surface area contributed by atoms with Gasteiger partial charge in [-0.1, -0.05) is 13.8 Å². The molecule has 0 saturated carbocycles. The zero-order chi connectivity index (χ0) is 17.2. The molecule has 0 spiro atoms. The lowest BCUT2D eigenvalue weighted by molar-refractivity contribution is 0.0893. The first-order chi connectivity index (χ1) is 11.7. The normalized spacial score (nSPS) is 25.5. The van der Waals surface area contributed by atoms with Gasteiger partial charge in [-0.3, -0.25) is 4.99 Å². The highest BCUT2D eigenvalue weighted by atomic mass is 32.2. The summed E-state index contributed by atoms with van der Waals surface area (Å²) in [4.78, 5) is 7.25. The number of nitrogens with one attached hydrogen (secondary N) is 1. The van der Waals surface area contributed by atoms with Crippen molar-refractivity contribution in [2.75, 3.05) is 58.4 Å². The monoisotopic (exact) mass is 357 g/mol. The molecule has 2 unspecified atom stereocenters. The van der Waals surface area contributed by atoms with Crippen molar-refractivity contribution < 1.29 is 9.47 Å². The summed E-state index contributed by atoms with van der Waals surface area (Å²) in [5, 5.41) is 4.16. The molecule has 2 atom stereocenters. The Bertz CT molecular complexity index is 373. The van der Waals surface area contributed by atoms with Crippen LogP contribution in [0.3, 0.4) is 0 Å². The van der Waals surface area contributed by atoms with Crippen LogP contribution in [0, 0.1) is 11.8 Å². The van der Waals surface area contributed by atoms with E-state index in [1.165, 1.54) is 5.75 Å². The van der Waals surface area contributed by atoms with Crippen LogP contribution in [0.4, 0.5) is 0 Å². The summed E-state index contributed by atoms with van der Waals surface area (Å²) in [5.74, 6) is 3.59. The van der Waals surface area contributed by atoms with Gasteiger partial charge in [0.2, 0.25) is 0 Å². The lowest BCUT2D eigenvalue weighted by atomic mass is 10.1. The van der Waals surface area contributed by atoms with E-state index < -0.39 is 0 Å². The highest BCUT2D eigenvalue weighted by Gasteiger charge is 2.24. The first kappa shape index (κ1) is 19.9. The summed E-state index contributed by atoms with van der Waals surface area (Å²) in [5.41, 5.74) is 0. The van der Waals surface area contributed by atoms with Crippen LogP contribution in [0.2, 0.25) is 0 Å². The van der Waals surface area contributed by atoms with Crippen LogP contribution in [-0.2, 0) is 9.47 Å². The summed E-state index contributed by atoms with van der Waals surface area (Å²) < 4.78 is 11.1. The van der Waals surface area contributed by atoms with E-state index in [9.17, 15) is 0 Å². The van der Waals surface area contributed by atoms with Crippen molar-refractivity contribution in [2.45, 2.75) is 38.9 Å². The molecule has 0 aromatic carbocycles. The molecule has 6 heteroatoms. The lowest BCUT2D eigenvalue weighted by Gasteiger charge is -2.36. The molecule has 0 aliphatic carbocycles. The van der Waals surface area contributed by atoms with E-state index in [2.05, 4.69) is 42.7 Å². The molecule has 1 N–H and O–H groups in total. The van der Waals surface area contributed by atoms with Gasteiger partial charge in [-0.15, -0.1) is 0 Å². The molecule has 0 radical (unpaired) electrons. The van der Waals surface area contributed by atoms with Crippen molar-refractivity contribution in [1.29, 1.82) is 0 Å². The van der Waals surface area contributed by atoms with Gasteiger partial charge < -0.3 is 19.7 Å². The van der Waals surface area contributed by atoms with Crippen molar-refractivity contribution in [3.8, 4) is 0 Å². The second-order valence-electron chi connectivity index (χ2n) is 6.99. The van der Waals surface area contributed by atoms with Crippen LogP contribution in [0.15, 0.2) is 4.99 Å². The van der Waals surface area contributed by atoms with E-state index in [0.29, 0.717) is 17.1 Å². The van der Waals surface area contributed by atoms with Crippen molar-refractivity contribution in [1.82, 2.24) is 10.2 Å². The Morgan fingerprint density at radius 1 is 1.46 bits per heavy atom. The fourth-order valence-electron chi connectivity index (χ4n) is 3.01. The summed E-state index contributed by atoms with van der Waals surface area (Å²) in [6.07, 6.45) is 2.13. The largest absolute Gasteiger partial charge is 0.381 e. The third-order valence-electron chi connectivity index (χ3n) is 4.56. The molecule has 0 aromatic rings. The summed E-state index contributed by atoms with van der Waals surface area (Å²) >= 11 is 2.10. The van der Waals surface area contributed by atoms with Crippen LogP contribution in [-0.4, -0.2) is 74.5 Å². The molecule has 24 heavy (non-hydrogen) atoms. The van der Waals surface area contributed by atoms with Gasteiger partial charge in [-0.25, -0.2) is 0 Å². The van der Waals surface area contributed by atoms with E-state index in [4.69, 9.17) is 14.5 Å². The molecule has 5 nitrogen and oxygen atoms in total. The highest BCUT2D eigenvalue weighted by Crippen LogP contribution is 2.24. The molecule has 2 heterocycles. The van der Waals surface area contributed by atoms with E-state index in [1.54, 1.807) is 0 Å². The quantitative estimate of drug-likeness (QED) is 0.411. The van der Waals surface area contributed by atoms with Gasteiger partial charge in [0, 0.05) is 56.3 Å². The fourth-order valence-corrected chi connectivity index (χ4v) is 4.31. The van der Waals surface area contributed by atoms with Crippen LogP contribution in [0.1, 0.15) is 33.6 Å². The average Bonchev–Trinajstić information content (AvgIpc) is 3.10. The molecule has 2 saturated heterocycles. The lowest BCUT2D eigenvalue weighted by Crippen LogP contribution is -2.49. The number of guanidine groups is 1. The van der Waals surface area contributed by atoms with Gasteiger partial charge in [0.25, 0.3) is 0 Å². The zero-order valence-corrected chi connectivity index (χ0v) is 16.4. The van der Waals surface area contributed by atoms with Crippen molar-refractivity contribution in [2.24, 2.45) is 16.8 Å². The minimum Gasteiger partial charge on any atom is -0.381 e. The molecule has 2 fully saturated rings. The Kier molecular flexibility index (Phi) is 9.28. The van der Waals surface area contributed by atoms with Crippen LogP contribution >= 0.6 is 11.8 Å². The van der Waals surface area contributed by atoms with E-state index in [-0.39, 0.29) is 0 Å². The van der Waals surface area contributed by atoms with Gasteiger partial charge in [0.1, 0.15) is 0 Å². The van der Waals surface area contributed by atoms with Crippen LogP contribution in [0.25, 0.3) is 0 Å². The summed E-state index contributed by atoms with van der Waals surface area (Å²) in [6, 6.07) is 0. The van der Waals surface area contributed by atoms with Gasteiger partial charge in [0.15, 0.2) is 5.96 Å². The Hall–Kier alpha value is -0.460. The van der Waals surface area contributed by atoms with E-state index in [0.717, 1.165) is 71.4 Å². The molecule has 2 aliphatic heterocycles. The smallest absolute Gasteiger partial charge is 0.193 e. The van der Waals surface area contributed by atoms with Gasteiger partial charge in [-0.2, -0.15) is 11.8 Å². The van der Waals surface area contributed by atoms with E-state index in [1.807, 2.05) is 0 Å². The molecular weight excluding hydrogens is 322 g/mol. The number of aliphatic imine (C=N–C) groups is 1. The molecule has 2 aliphatic rings. The van der Waals surface area contributed by atoms with Crippen molar-refractivity contribution in [3.05, 3.63) is 0 Å². The Morgan fingerprint density at radius 2 is 2.33 bits per heavy atom. The number of nitrogens with zero attached hydrogens (tertiary/aromatic N) is 2. The standard InChI is InChI=1S/C18H35N3O2S/c1-4-19-18(21-8-11-24-17(12-21)15(2)3)20-7-5-9-22-13-16-6-10-23-14-16/h15-17H,4-14H2,1-3H3,(H,19,20). The Morgan fingerprint density at radius 3 is 3.04 bits per heavy atom. The topological polar surface area (TPSA) is 46.1 Å². The van der Waals surface area contributed by atoms with Crippen LogP contribution < -0.4 is 5.32 Å². The number of ether oxygens (including phenoxy) is 2. The van der Waals surface area contributed by atoms with E-state index >= 15 is 0 Å². The maximum Gasteiger partial charge on any atom is 0.193 e. The third kappa shape index (κ3) is 6.81. The highest BCUT2D eigenvalue weighted by molar-refractivity contribution is 8.00. The first-order valence-corrected chi connectivity index (χ1v) is 10.6. The first-order valence-electron chi connectivity index (χ1n) is 9.51. The van der Waals surface area contributed by atoms with Gasteiger partial charge in [0.05, 0.1) is 13.2 Å². The number of thioether (sulfide) groups is 1. The predicted octanol–water partition coefficient (Wildman–Crippen LogP) is 2.47. The maximum atomic E-state index is 5.77. The average molecular weight is 358 g/mol. The molecular formula is C18H35N3O2S. The second kappa shape index (κ2) is 11.2. The number of hydrogen-bond donors (Lipinski definition) is 1. The third-order valence-corrected chi connectivity index (χ3v) is 6.10. The van der Waals surface area contributed by atoms with Crippen molar-refractivity contribution >= 4 is 17.7 Å². The molecule has 0 aromatic heterocycles. The fraction of sp³-hybridized carbons (Fsp3) is 0.944. The van der Waals surface area contributed by atoms with Crippen molar-refractivity contribution in [3.63, 3.8) is 0 Å². The van der Waals surface area contributed by atoms with Gasteiger partial charge >= 0.3 is 0 Å². The molecule has 0 amide bonds.